The fourth-order valence-electron chi connectivity index (χ4n) is 3.00. The van der Waals surface area contributed by atoms with Crippen molar-refractivity contribution in [3.05, 3.63) is 20.8 Å². The second-order valence-corrected chi connectivity index (χ2v) is 6.62. The van der Waals surface area contributed by atoms with Crippen LogP contribution >= 0.6 is 27.3 Å². The summed E-state index contributed by atoms with van der Waals surface area (Å²) >= 11 is 5.36. The van der Waals surface area contributed by atoms with Gasteiger partial charge >= 0.3 is 0 Å². The summed E-state index contributed by atoms with van der Waals surface area (Å²) in [4.78, 5) is 0. The Hall–Kier alpha value is 0.100. The van der Waals surface area contributed by atoms with Crippen LogP contribution in [0.25, 0.3) is 0 Å². The van der Waals surface area contributed by atoms with E-state index < -0.39 is 0 Å². The lowest BCUT2D eigenvalue weighted by molar-refractivity contribution is 0.210. The van der Waals surface area contributed by atoms with Crippen LogP contribution in [0.4, 0.5) is 0 Å². The van der Waals surface area contributed by atoms with Crippen LogP contribution in [0.1, 0.15) is 50.6 Å². The van der Waals surface area contributed by atoms with E-state index in [1.165, 1.54) is 42.1 Å². The van der Waals surface area contributed by atoms with E-state index in [2.05, 4.69) is 39.0 Å². The van der Waals surface area contributed by atoms with Crippen molar-refractivity contribution in [1.29, 1.82) is 0 Å². The van der Waals surface area contributed by atoms with Gasteiger partial charge in [0.2, 0.25) is 0 Å². The van der Waals surface area contributed by atoms with E-state index in [1.807, 2.05) is 0 Å². The minimum absolute atomic E-state index is 0.310. The lowest BCUT2D eigenvalue weighted by Crippen LogP contribution is -2.35. The Labute approximate surface area is 116 Å². The summed E-state index contributed by atoms with van der Waals surface area (Å²) in [6, 6.07) is 0.310. The second-order valence-electron chi connectivity index (χ2n) is 5.02. The normalized spacial score (nSPS) is 27.0. The molecule has 3 unspecified atom stereocenters. The van der Waals surface area contributed by atoms with Gasteiger partial charge in [0.15, 0.2) is 0 Å². The number of rotatable bonds is 4. The summed E-state index contributed by atoms with van der Waals surface area (Å²) < 4.78 is 1.20. The molecule has 2 nitrogen and oxygen atoms in total. The Morgan fingerprint density at radius 3 is 2.94 bits per heavy atom. The average Bonchev–Trinajstić information content (AvgIpc) is 2.77. The van der Waals surface area contributed by atoms with E-state index in [1.54, 1.807) is 11.3 Å². The minimum atomic E-state index is 0.310. The maximum absolute atomic E-state index is 5.78. The Bertz CT molecular complexity index is 353. The lowest BCUT2D eigenvalue weighted by Gasteiger charge is -2.34. The van der Waals surface area contributed by atoms with Crippen LogP contribution in [-0.4, -0.2) is 0 Å². The zero-order chi connectivity index (χ0) is 12.3. The van der Waals surface area contributed by atoms with Gasteiger partial charge in [-0.05, 0) is 51.6 Å². The Balaban J connectivity index is 2.10. The standard InChI is InChI=1S/C13H21BrN2S/c1-2-9-4-3-5-10(6-9)13(16-15)11-7-17-8-12(11)14/h7-10,13,16H,2-6,15H2,1H3. The van der Waals surface area contributed by atoms with E-state index in [0.29, 0.717) is 12.0 Å². The number of nitrogens with two attached hydrogens (primary N) is 1. The molecule has 3 atom stereocenters. The van der Waals surface area contributed by atoms with E-state index in [4.69, 9.17) is 5.84 Å². The number of hydrogen-bond donors (Lipinski definition) is 2. The molecule has 0 radical (unpaired) electrons. The molecule has 1 aliphatic carbocycles. The fourth-order valence-corrected chi connectivity index (χ4v) is 4.58. The highest BCUT2D eigenvalue weighted by Gasteiger charge is 2.29. The third-order valence-corrected chi connectivity index (χ3v) is 5.78. The van der Waals surface area contributed by atoms with Crippen LogP contribution < -0.4 is 11.3 Å². The molecule has 1 aromatic rings. The number of halogens is 1. The summed E-state index contributed by atoms with van der Waals surface area (Å²) in [5, 5.41) is 4.35. The van der Waals surface area contributed by atoms with Gasteiger partial charge < -0.3 is 0 Å². The van der Waals surface area contributed by atoms with Crippen LogP contribution in [0, 0.1) is 11.8 Å². The van der Waals surface area contributed by atoms with Gasteiger partial charge in [0.25, 0.3) is 0 Å². The molecule has 2 rings (SSSR count). The first-order valence-electron chi connectivity index (χ1n) is 6.44. The predicted molar refractivity (Wildman–Crippen MR) is 77.8 cm³/mol. The SMILES string of the molecule is CCC1CCCC(C(NN)c2cscc2Br)C1. The second kappa shape index (κ2) is 6.32. The van der Waals surface area contributed by atoms with Crippen LogP contribution in [-0.2, 0) is 0 Å². The smallest absolute Gasteiger partial charge is 0.0507 e. The minimum Gasteiger partial charge on any atom is -0.271 e. The van der Waals surface area contributed by atoms with Gasteiger partial charge in [0.1, 0.15) is 0 Å². The molecule has 0 aromatic carbocycles. The summed E-state index contributed by atoms with van der Waals surface area (Å²) in [5.41, 5.74) is 4.37. The highest BCUT2D eigenvalue weighted by molar-refractivity contribution is 9.10. The third kappa shape index (κ3) is 3.11. The predicted octanol–water partition coefficient (Wildman–Crippen LogP) is 4.23. The Morgan fingerprint density at radius 1 is 1.53 bits per heavy atom. The van der Waals surface area contributed by atoms with Crippen molar-refractivity contribution >= 4 is 27.3 Å². The zero-order valence-electron chi connectivity index (χ0n) is 10.3. The molecule has 1 aliphatic rings. The van der Waals surface area contributed by atoms with E-state index >= 15 is 0 Å². The molecule has 96 valence electrons. The number of hydrogen-bond acceptors (Lipinski definition) is 3. The Kier molecular flexibility index (Phi) is 5.03. The molecule has 1 aromatic heterocycles. The molecular weight excluding hydrogens is 296 g/mol. The van der Waals surface area contributed by atoms with Crippen molar-refractivity contribution in [3.63, 3.8) is 0 Å². The van der Waals surface area contributed by atoms with Crippen molar-refractivity contribution in [1.82, 2.24) is 5.43 Å². The van der Waals surface area contributed by atoms with Gasteiger partial charge in [0, 0.05) is 9.85 Å². The van der Waals surface area contributed by atoms with Crippen LogP contribution in [0.2, 0.25) is 0 Å². The summed E-state index contributed by atoms with van der Waals surface area (Å²) in [6.07, 6.45) is 6.66. The van der Waals surface area contributed by atoms with Crippen LogP contribution in [0.5, 0.6) is 0 Å². The van der Waals surface area contributed by atoms with Gasteiger partial charge in [-0.2, -0.15) is 11.3 Å². The largest absolute Gasteiger partial charge is 0.271 e. The maximum atomic E-state index is 5.78. The molecule has 3 N–H and O–H groups in total. The molecule has 0 saturated heterocycles. The highest BCUT2D eigenvalue weighted by atomic mass is 79.9. The number of thiophene rings is 1. The van der Waals surface area contributed by atoms with Crippen molar-refractivity contribution < 1.29 is 0 Å². The van der Waals surface area contributed by atoms with Crippen molar-refractivity contribution in [2.45, 2.75) is 45.1 Å². The topological polar surface area (TPSA) is 38.0 Å². The molecule has 17 heavy (non-hydrogen) atoms. The summed E-state index contributed by atoms with van der Waals surface area (Å²) in [5.74, 6) is 7.36. The molecule has 0 bridgehead atoms. The molecule has 4 heteroatoms. The third-order valence-electron chi connectivity index (χ3n) is 4.03. The zero-order valence-corrected chi connectivity index (χ0v) is 12.7. The van der Waals surface area contributed by atoms with Crippen molar-refractivity contribution in [2.24, 2.45) is 17.7 Å². The monoisotopic (exact) mass is 316 g/mol. The van der Waals surface area contributed by atoms with E-state index in [9.17, 15) is 0 Å². The quantitative estimate of drug-likeness (QED) is 0.644. The van der Waals surface area contributed by atoms with Crippen molar-refractivity contribution in [2.75, 3.05) is 0 Å². The molecule has 0 spiro atoms. The molecule has 0 aliphatic heterocycles. The number of nitrogens with one attached hydrogen (secondary N) is 1. The maximum Gasteiger partial charge on any atom is 0.0507 e. The van der Waals surface area contributed by atoms with E-state index in [-0.39, 0.29) is 0 Å². The first kappa shape index (κ1) is 13.5. The number of hydrazine groups is 1. The van der Waals surface area contributed by atoms with Crippen LogP contribution in [0.15, 0.2) is 15.2 Å². The molecule has 1 saturated carbocycles. The molecular formula is C13H21BrN2S. The lowest BCUT2D eigenvalue weighted by atomic mass is 9.76. The molecule has 1 heterocycles. The van der Waals surface area contributed by atoms with Crippen molar-refractivity contribution in [3.8, 4) is 0 Å². The van der Waals surface area contributed by atoms with Gasteiger partial charge in [-0.1, -0.05) is 26.2 Å². The van der Waals surface area contributed by atoms with Gasteiger partial charge in [0.05, 0.1) is 6.04 Å². The summed E-state index contributed by atoms with van der Waals surface area (Å²) in [6.45, 7) is 2.30. The van der Waals surface area contributed by atoms with E-state index in [0.717, 1.165) is 5.92 Å². The summed E-state index contributed by atoms with van der Waals surface area (Å²) in [7, 11) is 0. The first-order chi connectivity index (χ1) is 8.26. The molecule has 1 fully saturated rings. The fraction of sp³-hybridized carbons (Fsp3) is 0.692. The van der Waals surface area contributed by atoms with Gasteiger partial charge in [-0.15, -0.1) is 0 Å². The first-order valence-corrected chi connectivity index (χ1v) is 8.17. The van der Waals surface area contributed by atoms with Gasteiger partial charge in [-0.25, -0.2) is 0 Å². The Morgan fingerprint density at radius 2 is 2.35 bits per heavy atom. The van der Waals surface area contributed by atoms with Gasteiger partial charge in [-0.3, -0.25) is 11.3 Å². The molecule has 0 amide bonds. The average molecular weight is 317 g/mol. The highest BCUT2D eigenvalue weighted by Crippen LogP contribution is 2.40. The van der Waals surface area contributed by atoms with Crippen LogP contribution in [0.3, 0.4) is 0 Å².